The Kier molecular flexibility index (Phi) is 4.35. The van der Waals surface area contributed by atoms with Gasteiger partial charge in [-0.25, -0.2) is 0 Å². The van der Waals surface area contributed by atoms with Crippen LogP contribution in [-0.2, 0) is 0 Å². The fourth-order valence-corrected chi connectivity index (χ4v) is 6.37. The summed E-state index contributed by atoms with van der Waals surface area (Å²) in [5, 5.41) is 2.59. The number of anilines is 6. The molecule has 0 N–H and O–H groups in total. The van der Waals surface area contributed by atoms with Gasteiger partial charge in [0.25, 0.3) is 6.71 Å². The molecule has 3 heteroatoms. The standard InChI is InChI=1S/C34H23BN2/c1-3-13-25(14-4-1)36-29-19-10-9-18-28(29)35-33-27-17-8-7-12-24(27)22-23-32(33)37(26-15-5-2-6-16-26)31-21-11-20-30(36)34(31)35/h1-23H. The maximum Gasteiger partial charge on any atom is 0.252 e. The summed E-state index contributed by atoms with van der Waals surface area (Å²) in [6, 6.07) is 50.6. The number of para-hydroxylation sites is 3. The molecule has 0 saturated carbocycles. The van der Waals surface area contributed by atoms with Crippen molar-refractivity contribution in [3.05, 3.63) is 140 Å². The summed E-state index contributed by atoms with van der Waals surface area (Å²) in [4.78, 5) is 4.89. The van der Waals surface area contributed by atoms with Gasteiger partial charge in [0.05, 0.1) is 0 Å². The Hall–Kier alpha value is -4.76. The van der Waals surface area contributed by atoms with Crippen LogP contribution in [0.3, 0.4) is 0 Å². The summed E-state index contributed by atoms with van der Waals surface area (Å²) in [5.41, 5.74) is 11.4. The number of hydrogen-bond donors (Lipinski definition) is 0. The molecule has 6 aromatic rings. The van der Waals surface area contributed by atoms with Crippen LogP contribution in [-0.4, -0.2) is 6.71 Å². The maximum atomic E-state index is 2.45. The molecule has 2 aliphatic heterocycles. The van der Waals surface area contributed by atoms with E-state index in [9.17, 15) is 0 Å². The predicted molar refractivity (Wildman–Crippen MR) is 158 cm³/mol. The Morgan fingerprint density at radius 1 is 0.378 bits per heavy atom. The van der Waals surface area contributed by atoms with E-state index in [1.807, 2.05) is 0 Å². The average Bonchev–Trinajstić information content (AvgIpc) is 2.97. The van der Waals surface area contributed by atoms with Gasteiger partial charge in [-0.1, -0.05) is 91.0 Å². The van der Waals surface area contributed by atoms with Gasteiger partial charge in [-0.3, -0.25) is 0 Å². The zero-order valence-electron chi connectivity index (χ0n) is 20.3. The van der Waals surface area contributed by atoms with Gasteiger partial charge in [-0.2, -0.15) is 0 Å². The third-order valence-corrected chi connectivity index (χ3v) is 7.83. The van der Waals surface area contributed by atoms with Gasteiger partial charge in [0.15, 0.2) is 0 Å². The molecular formula is C34H23BN2. The maximum absolute atomic E-state index is 2.45. The van der Waals surface area contributed by atoms with Gasteiger partial charge in [0.1, 0.15) is 0 Å². The molecule has 0 saturated heterocycles. The molecular weight excluding hydrogens is 447 g/mol. The third kappa shape index (κ3) is 2.88. The molecule has 6 aromatic carbocycles. The van der Waals surface area contributed by atoms with E-state index in [1.54, 1.807) is 0 Å². The lowest BCUT2D eigenvalue weighted by atomic mass is 9.33. The molecule has 0 fully saturated rings. The van der Waals surface area contributed by atoms with Crippen LogP contribution in [0.15, 0.2) is 140 Å². The third-order valence-electron chi connectivity index (χ3n) is 7.83. The van der Waals surface area contributed by atoms with E-state index in [2.05, 4.69) is 149 Å². The predicted octanol–water partition coefficient (Wildman–Crippen LogP) is 6.92. The monoisotopic (exact) mass is 470 g/mol. The summed E-state index contributed by atoms with van der Waals surface area (Å²) in [6.45, 7) is 0.142. The highest BCUT2D eigenvalue weighted by Crippen LogP contribution is 2.44. The number of benzene rings is 6. The van der Waals surface area contributed by atoms with Gasteiger partial charge in [0.2, 0.25) is 0 Å². The lowest BCUT2D eigenvalue weighted by Gasteiger charge is -2.44. The first kappa shape index (κ1) is 20.4. The van der Waals surface area contributed by atoms with Gasteiger partial charge >= 0.3 is 0 Å². The van der Waals surface area contributed by atoms with E-state index in [1.165, 1.54) is 61.3 Å². The van der Waals surface area contributed by atoms with Gasteiger partial charge < -0.3 is 9.80 Å². The number of rotatable bonds is 2. The Bertz CT molecular complexity index is 1780. The first-order valence-corrected chi connectivity index (χ1v) is 12.8. The minimum atomic E-state index is 0.142. The minimum Gasteiger partial charge on any atom is -0.311 e. The Morgan fingerprint density at radius 3 is 1.65 bits per heavy atom. The minimum absolute atomic E-state index is 0.142. The Morgan fingerprint density at radius 2 is 0.919 bits per heavy atom. The van der Waals surface area contributed by atoms with E-state index in [0.717, 1.165) is 0 Å². The largest absolute Gasteiger partial charge is 0.311 e. The average molecular weight is 470 g/mol. The van der Waals surface area contributed by atoms with E-state index >= 15 is 0 Å². The molecule has 0 aromatic heterocycles. The number of nitrogens with zero attached hydrogens (tertiary/aromatic N) is 2. The van der Waals surface area contributed by atoms with Crippen LogP contribution in [0.4, 0.5) is 34.1 Å². The lowest BCUT2D eigenvalue weighted by molar-refractivity contribution is 1.26. The van der Waals surface area contributed by atoms with Gasteiger partial charge in [0, 0.05) is 34.1 Å². The fourth-order valence-electron chi connectivity index (χ4n) is 6.37. The van der Waals surface area contributed by atoms with E-state index < -0.39 is 0 Å². The highest BCUT2D eigenvalue weighted by molar-refractivity contribution is 7.01. The molecule has 0 amide bonds. The summed E-state index contributed by atoms with van der Waals surface area (Å²) in [5.74, 6) is 0. The first-order valence-electron chi connectivity index (χ1n) is 12.8. The molecule has 172 valence electrons. The van der Waals surface area contributed by atoms with Crippen LogP contribution in [0.25, 0.3) is 10.8 Å². The van der Waals surface area contributed by atoms with Crippen molar-refractivity contribution in [2.75, 3.05) is 9.80 Å². The van der Waals surface area contributed by atoms with Crippen molar-refractivity contribution in [1.82, 2.24) is 0 Å². The summed E-state index contributed by atoms with van der Waals surface area (Å²) in [6.07, 6.45) is 0. The SMILES string of the molecule is c1ccc(N2c3ccccc3B3c4c2cccc4N(c2ccccc2)c2ccc4ccccc4c23)cc1. The molecule has 0 atom stereocenters. The van der Waals surface area contributed by atoms with Crippen LogP contribution < -0.4 is 26.2 Å². The van der Waals surface area contributed by atoms with Crippen LogP contribution in [0.2, 0.25) is 0 Å². The smallest absolute Gasteiger partial charge is 0.252 e. The van der Waals surface area contributed by atoms with Gasteiger partial charge in [-0.05, 0) is 75.7 Å². The quantitative estimate of drug-likeness (QED) is 0.253. The molecule has 0 bridgehead atoms. The molecule has 2 nitrogen and oxygen atoms in total. The normalized spacial score (nSPS) is 13.2. The molecule has 2 aliphatic rings. The first-order chi connectivity index (χ1) is 18.4. The van der Waals surface area contributed by atoms with Crippen LogP contribution >= 0.6 is 0 Å². The van der Waals surface area contributed by atoms with Crippen LogP contribution in [0, 0.1) is 0 Å². The Balaban J connectivity index is 1.53. The second-order valence-corrected chi connectivity index (χ2v) is 9.76. The zero-order valence-corrected chi connectivity index (χ0v) is 20.3. The van der Waals surface area contributed by atoms with Gasteiger partial charge in [-0.15, -0.1) is 0 Å². The molecule has 0 radical (unpaired) electrons. The van der Waals surface area contributed by atoms with Crippen molar-refractivity contribution in [2.24, 2.45) is 0 Å². The van der Waals surface area contributed by atoms with Crippen LogP contribution in [0.5, 0.6) is 0 Å². The zero-order chi connectivity index (χ0) is 24.3. The van der Waals surface area contributed by atoms with E-state index in [0.29, 0.717) is 0 Å². The van der Waals surface area contributed by atoms with E-state index in [4.69, 9.17) is 0 Å². The molecule has 2 heterocycles. The van der Waals surface area contributed by atoms with Crippen molar-refractivity contribution in [1.29, 1.82) is 0 Å². The summed E-state index contributed by atoms with van der Waals surface area (Å²) < 4.78 is 0. The second-order valence-electron chi connectivity index (χ2n) is 9.76. The lowest BCUT2D eigenvalue weighted by Crippen LogP contribution is -2.61. The number of hydrogen-bond acceptors (Lipinski definition) is 2. The fraction of sp³-hybridized carbons (Fsp3) is 0. The van der Waals surface area contributed by atoms with Crippen molar-refractivity contribution in [2.45, 2.75) is 0 Å². The molecule has 8 rings (SSSR count). The van der Waals surface area contributed by atoms with Crippen molar-refractivity contribution < 1.29 is 0 Å². The van der Waals surface area contributed by atoms with Crippen molar-refractivity contribution in [3.8, 4) is 0 Å². The topological polar surface area (TPSA) is 6.48 Å². The molecule has 0 spiro atoms. The second kappa shape index (κ2) is 7.87. The van der Waals surface area contributed by atoms with Crippen molar-refractivity contribution in [3.63, 3.8) is 0 Å². The van der Waals surface area contributed by atoms with E-state index in [-0.39, 0.29) is 6.71 Å². The summed E-state index contributed by atoms with van der Waals surface area (Å²) >= 11 is 0. The molecule has 0 aliphatic carbocycles. The molecule has 0 unspecified atom stereocenters. The Labute approximate surface area is 217 Å². The molecule has 37 heavy (non-hydrogen) atoms. The highest BCUT2D eigenvalue weighted by Gasteiger charge is 2.43. The van der Waals surface area contributed by atoms with Crippen molar-refractivity contribution >= 4 is 68.0 Å². The number of fused-ring (bicyclic) bond motifs is 6. The summed E-state index contributed by atoms with van der Waals surface area (Å²) in [7, 11) is 0. The highest BCUT2D eigenvalue weighted by atomic mass is 15.2. The van der Waals surface area contributed by atoms with Crippen LogP contribution in [0.1, 0.15) is 0 Å².